The molecule has 184 valence electrons. The van der Waals surface area contributed by atoms with E-state index in [1.165, 1.54) is 16.5 Å². The number of ether oxygens (including phenoxy) is 1. The molecule has 2 aliphatic heterocycles. The molecule has 2 saturated heterocycles. The molecule has 1 aliphatic carbocycles. The zero-order valence-electron chi connectivity index (χ0n) is 18.8. The summed E-state index contributed by atoms with van der Waals surface area (Å²) in [7, 11) is 0. The second kappa shape index (κ2) is 8.32. The monoisotopic (exact) mass is 481 g/mol. The summed E-state index contributed by atoms with van der Waals surface area (Å²) >= 11 is 0. The largest absolute Gasteiger partial charge is 0.373 e. The molecule has 3 atom stereocenters. The fourth-order valence-corrected chi connectivity index (χ4v) is 5.64. The van der Waals surface area contributed by atoms with Crippen LogP contribution in [-0.2, 0) is 17.1 Å². The smallest absolute Gasteiger partial charge is 0.288 e. The highest BCUT2D eigenvalue weighted by Crippen LogP contribution is 2.40. The highest BCUT2D eigenvalue weighted by molar-refractivity contribution is 5.97. The Labute approximate surface area is 194 Å². The number of hydrogen-bond donors (Lipinski definition) is 1. The Hall–Kier alpha value is -2.49. The Bertz CT molecular complexity index is 1120. The summed E-state index contributed by atoms with van der Waals surface area (Å²) in [5.41, 5.74) is -0.130. The topological polar surface area (TPSA) is 72.7 Å². The number of hydrogen-bond acceptors (Lipinski definition) is 4. The van der Waals surface area contributed by atoms with E-state index < -0.39 is 23.4 Å². The Morgan fingerprint density at radius 3 is 2.59 bits per heavy atom. The number of nitrogens with zero attached hydrogens (tertiary/aromatic N) is 2. The summed E-state index contributed by atoms with van der Waals surface area (Å²) in [4.78, 5) is 29.0. The van der Waals surface area contributed by atoms with E-state index in [0.717, 1.165) is 26.2 Å². The maximum Gasteiger partial charge on any atom is 0.288 e. The maximum absolute atomic E-state index is 14.5. The van der Waals surface area contributed by atoms with Crippen molar-refractivity contribution in [3.63, 3.8) is 0 Å². The minimum Gasteiger partial charge on any atom is -0.373 e. The number of halogens is 4. The number of aldehydes is 1. The van der Waals surface area contributed by atoms with Gasteiger partial charge in [-0.25, -0.2) is 13.8 Å². The van der Waals surface area contributed by atoms with Gasteiger partial charge in [0.25, 0.3) is 11.8 Å². The number of aromatic nitrogens is 2. The van der Waals surface area contributed by atoms with Crippen molar-refractivity contribution < 1.29 is 31.9 Å². The molecule has 1 saturated carbocycles. The number of nitrogens with one attached hydrogen (secondary N) is 1. The van der Waals surface area contributed by atoms with Crippen LogP contribution in [0.4, 0.5) is 17.6 Å². The van der Waals surface area contributed by atoms with Gasteiger partial charge in [0, 0.05) is 25.3 Å². The van der Waals surface area contributed by atoms with Crippen molar-refractivity contribution in [2.75, 3.05) is 0 Å². The van der Waals surface area contributed by atoms with Gasteiger partial charge in [0.15, 0.2) is 6.29 Å². The first-order chi connectivity index (χ1) is 16.0. The molecule has 2 aromatic rings. The second-order valence-electron chi connectivity index (χ2n) is 9.97. The van der Waals surface area contributed by atoms with Crippen LogP contribution >= 0.6 is 0 Å². The summed E-state index contributed by atoms with van der Waals surface area (Å²) < 4.78 is 63.3. The SMILES string of the molecule is CC(F)(F)c1nc2cc(C(=O)N[C@H]3C[C@@H]4CC[C@H]3O4)cc(C=O)n2c1CC1CCC(F)(F)CC1. The van der Waals surface area contributed by atoms with Crippen LogP contribution in [0.1, 0.15) is 84.1 Å². The molecule has 3 aliphatic rings. The number of carbonyl (C=O) groups excluding carboxylic acids is 2. The van der Waals surface area contributed by atoms with Crippen LogP contribution < -0.4 is 5.32 Å². The average Bonchev–Trinajstić information content (AvgIpc) is 3.48. The number of fused-ring (bicyclic) bond motifs is 3. The predicted octanol–water partition coefficient (Wildman–Crippen LogP) is 4.68. The van der Waals surface area contributed by atoms with Crippen molar-refractivity contribution in [3.8, 4) is 0 Å². The molecule has 1 amide bonds. The molecule has 0 radical (unpaired) electrons. The van der Waals surface area contributed by atoms with Crippen molar-refractivity contribution in [1.82, 2.24) is 14.7 Å². The van der Waals surface area contributed by atoms with Crippen molar-refractivity contribution in [2.45, 2.75) is 88.4 Å². The molecular formula is C24H27F4N3O3. The summed E-state index contributed by atoms with van der Waals surface area (Å²) in [6.45, 7) is 0.719. The molecular weight excluding hydrogens is 454 g/mol. The van der Waals surface area contributed by atoms with Gasteiger partial charge in [0.2, 0.25) is 5.92 Å². The van der Waals surface area contributed by atoms with Gasteiger partial charge in [0.1, 0.15) is 11.3 Å². The third-order valence-electron chi connectivity index (χ3n) is 7.38. The zero-order valence-corrected chi connectivity index (χ0v) is 18.8. The van der Waals surface area contributed by atoms with Crippen LogP contribution in [0.25, 0.3) is 5.65 Å². The Kier molecular flexibility index (Phi) is 5.69. The second-order valence-corrected chi connectivity index (χ2v) is 9.97. The molecule has 1 N–H and O–H groups in total. The van der Waals surface area contributed by atoms with Gasteiger partial charge in [-0.3, -0.25) is 14.0 Å². The standard InChI is InChI=1S/C24H27F4N3O3/c1-23(25,26)21-18(8-13-4-6-24(27,28)7-5-13)31-15(12-32)9-14(10-20(31)30-21)22(33)29-17-11-16-2-3-19(17)34-16/h9-10,12-13,16-17,19H,2-8,11H2,1H3,(H,29,33)/t16-,17-,19+/m0/s1. The zero-order chi connectivity index (χ0) is 24.3. The maximum atomic E-state index is 14.5. The third kappa shape index (κ3) is 4.32. The number of carbonyl (C=O) groups is 2. The van der Waals surface area contributed by atoms with Crippen LogP contribution in [0.2, 0.25) is 0 Å². The number of pyridine rings is 1. The molecule has 0 aromatic carbocycles. The van der Waals surface area contributed by atoms with Crippen LogP contribution in [0.3, 0.4) is 0 Å². The molecule has 10 heteroatoms. The first kappa shape index (κ1) is 23.3. The summed E-state index contributed by atoms with van der Waals surface area (Å²) in [5, 5.41) is 2.93. The van der Waals surface area contributed by atoms with E-state index in [-0.39, 0.29) is 78.9 Å². The molecule has 3 fully saturated rings. The lowest BCUT2D eigenvalue weighted by molar-refractivity contribution is -0.0460. The van der Waals surface area contributed by atoms with Crippen LogP contribution in [0, 0.1) is 5.92 Å². The Balaban J connectivity index is 1.48. The van der Waals surface area contributed by atoms with Gasteiger partial charge < -0.3 is 10.1 Å². The summed E-state index contributed by atoms with van der Waals surface area (Å²) in [6.07, 6.45) is 3.12. The van der Waals surface area contributed by atoms with Crippen LogP contribution in [0.5, 0.6) is 0 Å². The fourth-order valence-electron chi connectivity index (χ4n) is 5.64. The lowest BCUT2D eigenvalue weighted by Gasteiger charge is -2.28. The van der Waals surface area contributed by atoms with Crippen molar-refractivity contribution in [2.24, 2.45) is 5.92 Å². The molecule has 0 spiro atoms. The average molecular weight is 481 g/mol. The molecule has 5 rings (SSSR count). The van der Waals surface area contributed by atoms with Gasteiger partial charge in [-0.15, -0.1) is 0 Å². The molecule has 2 bridgehead atoms. The molecule has 34 heavy (non-hydrogen) atoms. The predicted molar refractivity (Wildman–Crippen MR) is 115 cm³/mol. The minimum atomic E-state index is -3.30. The van der Waals surface area contributed by atoms with Crippen molar-refractivity contribution in [3.05, 3.63) is 34.8 Å². The van der Waals surface area contributed by atoms with E-state index in [0.29, 0.717) is 6.29 Å². The first-order valence-electron chi connectivity index (χ1n) is 11.8. The minimum absolute atomic E-state index is 0.0194. The third-order valence-corrected chi connectivity index (χ3v) is 7.38. The van der Waals surface area contributed by atoms with E-state index >= 15 is 0 Å². The van der Waals surface area contributed by atoms with Gasteiger partial charge in [0.05, 0.1) is 29.6 Å². The van der Waals surface area contributed by atoms with E-state index in [1.54, 1.807) is 0 Å². The first-order valence-corrected chi connectivity index (χ1v) is 11.8. The molecule has 6 nitrogen and oxygen atoms in total. The lowest BCUT2D eigenvalue weighted by Crippen LogP contribution is -2.41. The lowest BCUT2D eigenvalue weighted by atomic mass is 9.83. The normalized spacial score (nSPS) is 26.8. The Morgan fingerprint density at radius 2 is 2.00 bits per heavy atom. The quantitative estimate of drug-likeness (QED) is 0.481. The highest BCUT2D eigenvalue weighted by Gasteiger charge is 2.42. The van der Waals surface area contributed by atoms with Gasteiger partial charge in [-0.2, -0.15) is 8.78 Å². The number of imidazole rings is 1. The molecule has 2 aromatic heterocycles. The Morgan fingerprint density at radius 1 is 1.26 bits per heavy atom. The van der Waals surface area contributed by atoms with Gasteiger partial charge in [-0.05, 0) is 56.6 Å². The fraction of sp³-hybridized carbons (Fsp3) is 0.625. The van der Waals surface area contributed by atoms with E-state index in [2.05, 4.69) is 10.3 Å². The van der Waals surface area contributed by atoms with Gasteiger partial charge in [-0.1, -0.05) is 0 Å². The van der Waals surface area contributed by atoms with Crippen molar-refractivity contribution >= 4 is 17.8 Å². The molecule has 0 unspecified atom stereocenters. The highest BCUT2D eigenvalue weighted by atomic mass is 19.3. The molecule has 4 heterocycles. The van der Waals surface area contributed by atoms with Gasteiger partial charge >= 0.3 is 0 Å². The summed E-state index contributed by atoms with van der Waals surface area (Å²) in [6, 6.07) is 2.63. The van der Waals surface area contributed by atoms with E-state index in [9.17, 15) is 27.2 Å². The van der Waals surface area contributed by atoms with Crippen LogP contribution in [0.15, 0.2) is 12.1 Å². The number of amides is 1. The summed E-state index contributed by atoms with van der Waals surface area (Å²) in [5.74, 6) is -6.67. The van der Waals surface area contributed by atoms with Crippen molar-refractivity contribution in [1.29, 1.82) is 0 Å². The number of rotatable bonds is 6. The van der Waals surface area contributed by atoms with E-state index in [4.69, 9.17) is 4.74 Å². The van der Waals surface area contributed by atoms with Crippen LogP contribution in [-0.4, -0.2) is 45.8 Å². The van der Waals surface area contributed by atoms with E-state index in [1.807, 2.05) is 0 Å². The number of alkyl halides is 4.